The van der Waals surface area contributed by atoms with E-state index in [1.54, 1.807) is 0 Å². The number of nitrogens with zero attached hydrogens (tertiary/aromatic N) is 2. The highest BCUT2D eigenvalue weighted by molar-refractivity contribution is 6.07. The molecule has 0 aliphatic rings. The average Bonchev–Trinajstić information content (AvgIpc) is 2.94. The molecule has 0 radical (unpaired) electrons. The van der Waals surface area contributed by atoms with Crippen molar-refractivity contribution in [1.82, 2.24) is 9.80 Å². The van der Waals surface area contributed by atoms with E-state index in [1.165, 1.54) is 32.6 Å². The lowest BCUT2D eigenvalue weighted by molar-refractivity contribution is 0.431. The first-order chi connectivity index (χ1) is 9.59. The smallest absolute Gasteiger partial charge is 0.111 e. The molecule has 102 valence electrons. The molecular weight excluding hydrogens is 244 g/mol. The van der Waals surface area contributed by atoms with Crippen LogP contribution in [-0.2, 0) is 0 Å². The Morgan fingerprint density at radius 1 is 0.650 bits per heavy atom. The summed E-state index contributed by atoms with van der Waals surface area (Å²) in [4.78, 5) is 4.34. The van der Waals surface area contributed by atoms with E-state index in [4.69, 9.17) is 0 Å². The molecule has 0 saturated heterocycles. The van der Waals surface area contributed by atoms with Gasteiger partial charge in [-0.15, -0.1) is 0 Å². The van der Waals surface area contributed by atoms with Gasteiger partial charge in [0.15, 0.2) is 0 Å². The SMILES string of the molecule is CN(C)C(=c1ccc2c1cccc1cccc12)N(C)C. The van der Waals surface area contributed by atoms with Crippen LogP contribution in [-0.4, -0.2) is 38.0 Å². The van der Waals surface area contributed by atoms with E-state index in [9.17, 15) is 0 Å². The van der Waals surface area contributed by atoms with Crippen molar-refractivity contribution in [2.24, 2.45) is 0 Å². The monoisotopic (exact) mass is 264 g/mol. The predicted molar refractivity (Wildman–Crippen MR) is 87.5 cm³/mol. The summed E-state index contributed by atoms with van der Waals surface area (Å²) in [5, 5.41) is 6.55. The minimum Gasteiger partial charge on any atom is -0.364 e. The summed E-state index contributed by atoms with van der Waals surface area (Å²) < 4.78 is 0. The second-order valence-corrected chi connectivity index (χ2v) is 5.61. The Kier molecular flexibility index (Phi) is 3.01. The molecule has 0 saturated carbocycles. The normalized spacial score (nSPS) is 11.0. The van der Waals surface area contributed by atoms with E-state index in [1.807, 2.05) is 0 Å². The van der Waals surface area contributed by atoms with Crippen molar-refractivity contribution in [2.45, 2.75) is 0 Å². The van der Waals surface area contributed by atoms with Gasteiger partial charge in [0, 0.05) is 33.4 Å². The van der Waals surface area contributed by atoms with Crippen molar-refractivity contribution < 1.29 is 0 Å². The van der Waals surface area contributed by atoms with Gasteiger partial charge in [-0.1, -0.05) is 48.5 Å². The van der Waals surface area contributed by atoms with Crippen LogP contribution in [0.4, 0.5) is 0 Å². The number of hydrogen-bond donors (Lipinski definition) is 0. The summed E-state index contributed by atoms with van der Waals surface area (Å²) in [7, 11) is 8.37. The maximum absolute atomic E-state index is 2.24. The van der Waals surface area contributed by atoms with E-state index >= 15 is 0 Å². The molecule has 0 heterocycles. The zero-order chi connectivity index (χ0) is 14.3. The van der Waals surface area contributed by atoms with E-state index in [0.29, 0.717) is 0 Å². The molecule has 3 rings (SSSR count). The van der Waals surface area contributed by atoms with Crippen LogP contribution < -0.4 is 5.22 Å². The van der Waals surface area contributed by atoms with Crippen molar-refractivity contribution in [2.75, 3.05) is 28.2 Å². The molecule has 0 unspecified atom stereocenters. The molecule has 0 fully saturated rings. The third-order valence-corrected chi connectivity index (χ3v) is 3.76. The van der Waals surface area contributed by atoms with Gasteiger partial charge in [0.2, 0.25) is 0 Å². The van der Waals surface area contributed by atoms with Crippen LogP contribution in [0.5, 0.6) is 0 Å². The molecule has 0 spiro atoms. The molecule has 0 bridgehead atoms. The molecule has 0 aliphatic carbocycles. The van der Waals surface area contributed by atoms with Gasteiger partial charge in [0.05, 0.1) is 0 Å². The average molecular weight is 264 g/mol. The van der Waals surface area contributed by atoms with Crippen LogP contribution >= 0.6 is 0 Å². The highest BCUT2D eigenvalue weighted by Crippen LogP contribution is 2.23. The Bertz CT molecular complexity index is 806. The molecule has 20 heavy (non-hydrogen) atoms. The summed E-state index contributed by atoms with van der Waals surface area (Å²) in [6.07, 6.45) is 0. The Morgan fingerprint density at radius 3 is 1.85 bits per heavy atom. The van der Waals surface area contributed by atoms with E-state index in [2.05, 4.69) is 86.5 Å². The third kappa shape index (κ3) is 1.88. The summed E-state index contributed by atoms with van der Waals surface area (Å²) in [6.45, 7) is 0. The first-order valence-electron chi connectivity index (χ1n) is 6.88. The third-order valence-electron chi connectivity index (χ3n) is 3.76. The number of rotatable bonds is 2. The molecule has 2 nitrogen and oxygen atoms in total. The maximum atomic E-state index is 2.24. The van der Waals surface area contributed by atoms with Gasteiger partial charge in [-0.2, -0.15) is 0 Å². The number of fused-ring (bicyclic) bond motifs is 3. The maximum Gasteiger partial charge on any atom is 0.111 e. The van der Waals surface area contributed by atoms with Crippen molar-refractivity contribution in [1.29, 1.82) is 0 Å². The highest BCUT2D eigenvalue weighted by Gasteiger charge is 2.08. The van der Waals surface area contributed by atoms with E-state index in [0.717, 1.165) is 0 Å². The molecule has 3 aromatic carbocycles. The van der Waals surface area contributed by atoms with Crippen LogP contribution in [0, 0.1) is 0 Å². The van der Waals surface area contributed by atoms with Crippen molar-refractivity contribution in [3.05, 3.63) is 53.7 Å². The van der Waals surface area contributed by atoms with Gasteiger partial charge in [-0.3, -0.25) is 0 Å². The van der Waals surface area contributed by atoms with Crippen molar-refractivity contribution >= 4 is 27.4 Å². The molecule has 3 aromatic rings. The quantitative estimate of drug-likeness (QED) is 0.702. The van der Waals surface area contributed by atoms with Gasteiger partial charge >= 0.3 is 0 Å². The Balaban J connectivity index is 2.51. The van der Waals surface area contributed by atoms with Gasteiger partial charge in [0.25, 0.3) is 0 Å². The molecule has 0 N–H and O–H groups in total. The lowest BCUT2D eigenvalue weighted by Crippen LogP contribution is -2.29. The predicted octanol–water partition coefficient (Wildman–Crippen LogP) is 2.90. The van der Waals surface area contributed by atoms with Crippen LogP contribution in [0.3, 0.4) is 0 Å². The first kappa shape index (κ1) is 12.8. The zero-order valence-electron chi connectivity index (χ0n) is 12.5. The van der Waals surface area contributed by atoms with Crippen LogP contribution in [0.25, 0.3) is 27.4 Å². The van der Waals surface area contributed by atoms with Crippen LogP contribution in [0.1, 0.15) is 0 Å². The summed E-state index contributed by atoms with van der Waals surface area (Å²) >= 11 is 0. The molecular formula is C18H20N2. The van der Waals surface area contributed by atoms with Gasteiger partial charge in [-0.25, -0.2) is 0 Å². The fraction of sp³-hybridized carbons (Fsp3) is 0.222. The summed E-state index contributed by atoms with van der Waals surface area (Å²) in [6, 6.07) is 17.5. The number of hydrogen-bond acceptors (Lipinski definition) is 2. The fourth-order valence-corrected chi connectivity index (χ4v) is 3.06. The molecule has 2 heteroatoms. The molecule has 0 atom stereocenters. The minimum absolute atomic E-state index is 1.23. The molecule has 0 amide bonds. The summed E-state index contributed by atoms with van der Waals surface area (Å²) in [5.41, 5.74) is 0. The Labute approximate surface area is 119 Å². The topological polar surface area (TPSA) is 6.48 Å². The van der Waals surface area contributed by atoms with E-state index < -0.39 is 0 Å². The standard InChI is InChI=1S/C18H20N2/c1-19(2)18(20(3)4)17-12-11-16-14-9-5-7-13(14)8-6-10-15(16)17/h5-12H,1-4H3. The zero-order valence-corrected chi connectivity index (χ0v) is 12.5. The lowest BCUT2D eigenvalue weighted by atomic mass is 10.2. The first-order valence-corrected chi connectivity index (χ1v) is 6.88. The Hall–Kier alpha value is -2.22. The van der Waals surface area contributed by atoms with Crippen LogP contribution in [0.15, 0.2) is 48.5 Å². The van der Waals surface area contributed by atoms with Gasteiger partial charge in [-0.05, 0) is 21.5 Å². The lowest BCUT2D eigenvalue weighted by Gasteiger charge is -2.24. The molecule has 0 aromatic heterocycles. The highest BCUT2D eigenvalue weighted by atomic mass is 15.3. The minimum atomic E-state index is 1.23. The van der Waals surface area contributed by atoms with Gasteiger partial charge < -0.3 is 9.80 Å². The van der Waals surface area contributed by atoms with Gasteiger partial charge in [0.1, 0.15) is 5.82 Å². The summed E-state index contributed by atoms with van der Waals surface area (Å²) in [5.74, 6) is 1.23. The largest absolute Gasteiger partial charge is 0.364 e. The second-order valence-electron chi connectivity index (χ2n) is 5.61. The van der Waals surface area contributed by atoms with E-state index in [-0.39, 0.29) is 0 Å². The fourth-order valence-electron chi connectivity index (χ4n) is 3.06. The van der Waals surface area contributed by atoms with Crippen molar-refractivity contribution in [3.63, 3.8) is 0 Å². The van der Waals surface area contributed by atoms with Crippen molar-refractivity contribution in [3.8, 4) is 0 Å². The second kappa shape index (κ2) is 4.71. The Morgan fingerprint density at radius 2 is 1.25 bits per heavy atom. The molecule has 0 aliphatic heterocycles. The van der Waals surface area contributed by atoms with Crippen LogP contribution in [0.2, 0.25) is 0 Å².